The summed E-state index contributed by atoms with van der Waals surface area (Å²) in [7, 11) is 0. The van der Waals surface area contributed by atoms with Crippen LogP contribution in [0.4, 0.5) is 0 Å². The minimum atomic E-state index is -0.606. The van der Waals surface area contributed by atoms with Crippen LogP contribution in [-0.2, 0) is 0 Å². The van der Waals surface area contributed by atoms with Gasteiger partial charge in [-0.1, -0.05) is 0 Å². The van der Waals surface area contributed by atoms with Crippen LogP contribution in [0, 0.1) is 0 Å². The summed E-state index contributed by atoms with van der Waals surface area (Å²) in [5.41, 5.74) is 0.664. The number of carbonyl (C=O) groups excluding carboxylic acids is 1. The van der Waals surface area contributed by atoms with Crippen LogP contribution >= 0.6 is 0 Å². The summed E-state index contributed by atoms with van der Waals surface area (Å²) < 4.78 is 7.86. The quantitative estimate of drug-likeness (QED) is 0.381. The van der Waals surface area contributed by atoms with Gasteiger partial charge in [-0.15, -0.1) is 0 Å². The number of hydrogen-bond acceptors (Lipinski definition) is 2. The van der Waals surface area contributed by atoms with E-state index in [1.807, 2.05) is 60.7 Å². The number of rotatable bonds is 4. The van der Waals surface area contributed by atoms with E-state index in [-0.39, 0.29) is 5.97 Å². The van der Waals surface area contributed by atoms with Crippen LogP contribution in [0.25, 0.3) is 0 Å². The Balaban J connectivity index is 1.83. The van der Waals surface area contributed by atoms with Gasteiger partial charge in [-0.3, -0.25) is 0 Å². The third kappa shape index (κ3) is 3.76. The average molecular weight is 402 g/mol. The number of benzene rings is 3. The first kappa shape index (κ1) is 14.8. The second kappa shape index (κ2) is 7.26. The first-order valence-electron chi connectivity index (χ1n) is 6.92. The molecule has 0 heterocycles. The molecule has 0 aromatic heterocycles. The number of ether oxygens (including phenoxy) is 1. The van der Waals surface area contributed by atoms with Gasteiger partial charge in [-0.05, 0) is 0 Å². The van der Waals surface area contributed by atoms with Gasteiger partial charge < -0.3 is 0 Å². The molecule has 0 aliphatic heterocycles. The van der Waals surface area contributed by atoms with Crippen molar-refractivity contribution in [1.29, 1.82) is 0 Å². The summed E-state index contributed by atoms with van der Waals surface area (Å²) in [6.45, 7) is 0. The number of carbonyl (C=O) groups is 1. The van der Waals surface area contributed by atoms with E-state index < -0.39 is 20.9 Å². The second-order valence-electron chi connectivity index (χ2n) is 4.61. The summed E-state index contributed by atoms with van der Waals surface area (Å²) in [4.78, 5) is 12.4. The molecule has 3 rings (SSSR count). The van der Waals surface area contributed by atoms with E-state index >= 15 is 0 Å². The monoisotopic (exact) mass is 404 g/mol. The molecule has 2 nitrogen and oxygen atoms in total. The summed E-state index contributed by atoms with van der Waals surface area (Å²) in [5, 5.41) is 0. The molecule has 22 heavy (non-hydrogen) atoms. The van der Waals surface area contributed by atoms with E-state index in [1.54, 1.807) is 12.1 Å². The fourth-order valence-electron chi connectivity index (χ4n) is 1.99. The molecule has 3 heteroatoms. The van der Waals surface area contributed by atoms with E-state index in [0.29, 0.717) is 11.3 Å². The predicted octanol–water partition coefficient (Wildman–Crippen LogP) is 2.56. The van der Waals surface area contributed by atoms with Crippen LogP contribution in [0.3, 0.4) is 0 Å². The summed E-state index contributed by atoms with van der Waals surface area (Å²) >= 11 is -0.606. The van der Waals surface area contributed by atoms with Crippen molar-refractivity contribution in [2.45, 2.75) is 0 Å². The van der Waals surface area contributed by atoms with Gasteiger partial charge >= 0.3 is 140 Å². The molecule has 108 valence electrons. The molecule has 0 N–H and O–H groups in total. The molecule has 0 aliphatic carbocycles. The molecule has 0 atom stereocenters. The van der Waals surface area contributed by atoms with E-state index in [4.69, 9.17) is 4.74 Å². The SMILES string of the molecule is O=C(Oc1ccccc1)c1ccccc1[Te]c1ccccc1. The molecule has 0 amide bonds. The summed E-state index contributed by atoms with van der Waals surface area (Å²) in [6, 6.07) is 27.2. The van der Waals surface area contributed by atoms with Crippen LogP contribution in [0.2, 0.25) is 0 Å². The molecule has 3 aromatic carbocycles. The van der Waals surface area contributed by atoms with Gasteiger partial charge in [0.05, 0.1) is 0 Å². The molecule has 0 bridgehead atoms. The molecular formula is C19H14O2Te. The Morgan fingerprint density at radius 1 is 0.727 bits per heavy atom. The Morgan fingerprint density at radius 2 is 1.32 bits per heavy atom. The molecule has 0 spiro atoms. The van der Waals surface area contributed by atoms with E-state index in [9.17, 15) is 4.79 Å². The van der Waals surface area contributed by atoms with E-state index in [2.05, 4.69) is 12.1 Å². The number of esters is 1. The van der Waals surface area contributed by atoms with Crippen molar-refractivity contribution in [3.8, 4) is 5.75 Å². The molecule has 0 unspecified atom stereocenters. The zero-order valence-electron chi connectivity index (χ0n) is 11.8. The Bertz CT molecular complexity index is 755. The Morgan fingerprint density at radius 3 is 2.05 bits per heavy atom. The zero-order chi connectivity index (χ0) is 15.2. The minimum absolute atomic E-state index is 0.289. The van der Waals surface area contributed by atoms with Crippen molar-refractivity contribution >= 4 is 34.1 Å². The molecule has 0 radical (unpaired) electrons. The van der Waals surface area contributed by atoms with Crippen molar-refractivity contribution in [2.24, 2.45) is 0 Å². The fraction of sp³-hybridized carbons (Fsp3) is 0. The second-order valence-corrected chi connectivity index (χ2v) is 7.80. The van der Waals surface area contributed by atoms with Gasteiger partial charge in [0.2, 0.25) is 0 Å². The predicted molar refractivity (Wildman–Crippen MR) is 89.3 cm³/mol. The molecule has 0 fully saturated rings. The van der Waals surface area contributed by atoms with Gasteiger partial charge in [0.25, 0.3) is 0 Å². The van der Waals surface area contributed by atoms with Crippen LogP contribution in [0.15, 0.2) is 84.9 Å². The van der Waals surface area contributed by atoms with E-state index in [1.165, 1.54) is 3.61 Å². The van der Waals surface area contributed by atoms with Gasteiger partial charge in [-0.2, -0.15) is 0 Å². The Hall–Kier alpha value is -2.08. The molecule has 0 saturated heterocycles. The number of hydrogen-bond donors (Lipinski definition) is 0. The van der Waals surface area contributed by atoms with Crippen LogP contribution in [0.1, 0.15) is 10.4 Å². The van der Waals surface area contributed by atoms with Gasteiger partial charge in [0.1, 0.15) is 0 Å². The third-order valence-electron chi connectivity index (χ3n) is 3.03. The summed E-state index contributed by atoms with van der Waals surface area (Å²) in [5.74, 6) is 0.283. The first-order valence-corrected chi connectivity index (χ1v) is 9.25. The molecule has 3 aromatic rings. The topological polar surface area (TPSA) is 26.3 Å². The van der Waals surface area contributed by atoms with Crippen molar-refractivity contribution in [3.05, 3.63) is 90.5 Å². The third-order valence-corrected chi connectivity index (χ3v) is 6.12. The van der Waals surface area contributed by atoms with Crippen molar-refractivity contribution in [3.63, 3.8) is 0 Å². The molecular weight excluding hydrogens is 388 g/mol. The standard InChI is InChI=1S/C19H14O2Te/c20-19(21-15-9-3-1-4-10-15)17-13-7-8-14-18(17)22-16-11-5-2-6-12-16/h1-14H. The normalized spacial score (nSPS) is 10.2. The summed E-state index contributed by atoms with van der Waals surface area (Å²) in [6.07, 6.45) is 0. The van der Waals surface area contributed by atoms with Crippen molar-refractivity contribution in [1.82, 2.24) is 0 Å². The number of para-hydroxylation sites is 1. The van der Waals surface area contributed by atoms with Crippen molar-refractivity contribution in [2.75, 3.05) is 0 Å². The molecule has 0 saturated carbocycles. The molecule has 0 aliphatic rings. The van der Waals surface area contributed by atoms with Gasteiger partial charge in [0, 0.05) is 0 Å². The van der Waals surface area contributed by atoms with Gasteiger partial charge in [0.15, 0.2) is 0 Å². The van der Waals surface area contributed by atoms with Crippen LogP contribution in [-0.4, -0.2) is 26.9 Å². The first-order chi connectivity index (χ1) is 10.8. The Kier molecular flexibility index (Phi) is 4.90. The van der Waals surface area contributed by atoms with Crippen LogP contribution < -0.4 is 12.0 Å². The Labute approximate surface area is 139 Å². The average Bonchev–Trinajstić information content (AvgIpc) is 2.57. The van der Waals surface area contributed by atoms with Crippen LogP contribution in [0.5, 0.6) is 5.75 Å². The van der Waals surface area contributed by atoms with E-state index in [0.717, 1.165) is 3.61 Å². The zero-order valence-corrected chi connectivity index (χ0v) is 14.1. The van der Waals surface area contributed by atoms with Gasteiger partial charge in [-0.25, -0.2) is 0 Å². The van der Waals surface area contributed by atoms with Crippen molar-refractivity contribution < 1.29 is 9.53 Å². The maximum absolute atomic E-state index is 12.4. The fourth-order valence-corrected chi connectivity index (χ4v) is 4.72. The maximum atomic E-state index is 12.4.